The topological polar surface area (TPSA) is 17.1 Å². The Morgan fingerprint density at radius 2 is 2.07 bits per heavy atom. The van der Waals surface area contributed by atoms with Gasteiger partial charge in [-0.25, -0.2) is 0 Å². The van der Waals surface area contributed by atoms with Gasteiger partial charge >= 0.3 is 0 Å². The maximum Gasteiger partial charge on any atom is 0.136 e. The zero-order chi connectivity index (χ0) is 10.4. The largest absolute Gasteiger partial charge is 0.299 e. The van der Waals surface area contributed by atoms with Crippen molar-refractivity contribution in [2.75, 3.05) is 0 Å². The summed E-state index contributed by atoms with van der Waals surface area (Å²) in [6, 6.07) is 0. The summed E-state index contributed by atoms with van der Waals surface area (Å²) in [5.74, 6) is 1.67. The second kappa shape index (κ2) is 6.21. The summed E-state index contributed by atoms with van der Waals surface area (Å²) in [5, 5.41) is 0. The zero-order valence-electron chi connectivity index (χ0n) is 9.72. The molecule has 0 radical (unpaired) electrons. The first-order valence-corrected chi connectivity index (χ1v) is 6.30. The van der Waals surface area contributed by atoms with E-state index in [2.05, 4.69) is 13.8 Å². The number of hydrogen-bond acceptors (Lipinski definition) is 1. The molecule has 0 aromatic heterocycles. The van der Waals surface area contributed by atoms with Crippen LogP contribution in [0.15, 0.2) is 0 Å². The van der Waals surface area contributed by atoms with Crippen LogP contribution in [0.1, 0.15) is 65.2 Å². The van der Waals surface area contributed by atoms with Crippen molar-refractivity contribution in [2.45, 2.75) is 65.2 Å². The highest BCUT2D eigenvalue weighted by molar-refractivity contribution is 5.81. The van der Waals surface area contributed by atoms with Gasteiger partial charge < -0.3 is 0 Å². The minimum atomic E-state index is 0.450. The van der Waals surface area contributed by atoms with Gasteiger partial charge in [-0.15, -0.1) is 0 Å². The average Bonchev–Trinajstić information content (AvgIpc) is 2.09. The Hall–Kier alpha value is -0.330. The van der Waals surface area contributed by atoms with E-state index in [1.165, 1.54) is 44.9 Å². The summed E-state index contributed by atoms with van der Waals surface area (Å²) in [5.41, 5.74) is 0. The molecule has 0 spiro atoms. The van der Waals surface area contributed by atoms with Crippen LogP contribution in [0, 0.1) is 11.8 Å². The second-order valence-electron chi connectivity index (χ2n) is 4.71. The van der Waals surface area contributed by atoms with Crippen molar-refractivity contribution in [2.24, 2.45) is 11.8 Å². The van der Waals surface area contributed by atoms with Crippen molar-refractivity contribution in [1.29, 1.82) is 0 Å². The third kappa shape index (κ3) is 3.43. The van der Waals surface area contributed by atoms with Crippen LogP contribution in [-0.2, 0) is 4.79 Å². The van der Waals surface area contributed by atoms with E-state index in [0.717, 1.165) is 6.42 Å². The normalized spacial score (nSPS) is 19.0. The molecule has 0 heterocycles. The standard InChI is InChI=1S/C13H24O/c1-3-5-7-11(4-2)10-13(14)12-8-6-9-12/h11-12H,3-10H2,1-2H3. The van der Waals surface area contributed by atoms with Crippen LogP contribution in [0.4, 0.5) is 0 Å². The lowest BCUT2D eigenvalue weighted by atomic mass is 9.78. The van der Waals surface area contributed by atoms with Gasteiger partial charge in [0, 0.05) is 12.3 Å². The van der Waals surface area contributed by atoms with Gasteiger partial charge in [0.05, 0.1) is 0 Å². The molecule has 1 unspecified atom stereocenters. The number of Topliss-reactive ketones (excluding diaryl/α,β-unsaturated/α-hetero) is 1. The molecular weight excluding hydrogens is 172 g/mol. The predicted molar refractivity (Wildman–Crippen MR) is 60.3 cm³/mol. The van der Waals surface area contributed by atoms with E-state index in [-0.39, 0.29) is 0 Å². The molecule has 1 aliphatic rings. The molecule has 82 valence electrons. The molecule has 1 aliphatic carbocycles. The monoisotopic (exact) mass is 196 g/mol. The van der Waals surface area contributed by atoms with Crippen LogP contribution in [0.25, 0.3) is 0 Å². The van der Waals surface area contributed by atoms with Crippen molar-refractivity contribution in [3.8, 4) is 0 Å². The highest BCUT2D eigenvalue weighted by Crippen LogP contribution is 2.30. The summed E-state index contributed by atoms with van der Waals surface area (Å²) < 4.78 is 0. The van der Waals surface area contributed by atoms with Crippen molar-refractivity contribution in [3.63, 3.8) is 0 Å². The first-order chi connectivity index (χ1) is 6.77. The third-order valence-corrected chi connectivity index (χ3v) is 3.59. The molecule has 0 amide bonds. The van der Waals surface area contributed by atoms with E-state index in [0.29, 0.717) is 17.6 Å². The van der Waals surface area contributed by atoms with E-state index in [4.69, 9.17) is 0 Å². The van der Waals surface area contributed by atoms with Crippen LogP contribution in [-0.4, -0.2) is 5.78 Å². The number of rotatable bonds is 7. The summed E-state index contributed by atoms with van der Waals surface area (Å²) in [7, 11) is 0. The fourth-order valence-corrected chi connectivity index (χ4v) is 2.12. The molecule has 0 aliphatic heterocycles. The lowest BCUT2D eigenvalue weighted by Crippen LogP contribution is -2.23. The minimum Gasteiger partial charge on any atom is -0.299 e. The smallest absolute Gasteiger partial charge is 0.136 e. The molecule has 0 aromatic carbocycles. The highest BCUT2D eigenvalue weighted by Gasteiger charge is 2.26. The average molecular weight is 196 g/mol. The lowest BCUT2D eigenvalue weighted by Gasteiger charge is -2.25. The van der Waals surface area contributed by atoms with Crippen molar-refractivity contribution in [1.82, 2.24) is 0 Å². The quantitative estimate of drug-likeness (QED) is 0.602. The molecule has 1 atom stereocenters. The number of carbonyl (C=O) groups excluding carboxylic acids is 1. The Labute approximate surface area is 88.3 Å². The third-order valence-electron chi connectivity index (χ3n) is 3.59. The van der Waals surface area contributed by atoms with Gasteiger partial charge in [0.15, 0.2) is 0 Å². The van der Waals surface area contributed by atoms with Gasteiger partial charge in [-0.05, 0) is 18.8 Å². The molecule has 1 heteroatoms. The van der Waals surface area contributed by atoms with Gasteiger partial charge in [-0.3, -0.25) is 4.79 Å². The number of carbonyl (C=O) groups is 1. The summed E-state index contributed by atoms with van der Waals surface area (Å²) in [6.07, 6.45) is 9.46. The first-order valence-electron chi connectivity index (χ1n) is 6.30. The fraction of sp³-hybridized carbons (Fsp3) is 0.923. The SMILES string of the molecule is CCCCC(CC)CC(=O)C1CCC1. The molecule has 14 heavy (non-hydrogen) atoms. The van der Waals surface area contributed by atoms with Crippen molar-refractivity contribution < 1.29 is 4.79 Å². The number of ketones is 1. The van der Waals surface area contributed by atoms with Crippen molar-refractivity contribution >= 4 is 5.78 Å². The second-order valence-corrected chi connectivity index (χ2v) is 4.71. The lowest BCUT2D eigenvalue weighted by molar-refractivity contribution is -0.126. The maximum absolute atomic E-state index is 11.8. The van der Waals surface area contributed by atoms with Gasteiger partial charge in [0.2, 0.25) is 0 Å². The molecule has 0 aromatic rings. The van der Waals surface area contributed by atoms with Crippen molar-refractivity contribution in [3.05, 3.63) is 0 Å². The van der Waals surface area contributed by atoms with E-state index in [1.54, 1.807) is 0 Å². The minimum absolute atomic E-state index is 0.450. The zero-order valence-corrected chi connectivity index (χ0v) is 9.72. The molecule has 0 N–H and O–H groups in total. The Morgan fingerprint density at radius 3 is 2.50 bits per heavy atom. The van der Waals surface area contributed by atoms with Crippen LogP contribution in [0.2, 0.25) is 0 Å². The number of hydrogen-bond donors (Lipinski definition) is 0. The first kappa shape index (κ1) is 11.7. The molecule has 0 bridgehead atoms. The van der Waals surface area contributed by atoms with Gasteiger partial charge in [0.1, 0.15) is 5.78 Å². The highest BCUT2D eigenvalue weighted by atomic mass is 16.1. The Bertz CT molecular complexity index is 170. The summed E-state index contributed by atoms with van der Waals surface area (Å²) in [6.45, 7) is 4.44. The molecule has 1 rings (SSSR count). The van der Waals surface area contributed by atoms with Crippen LogP contribution in [0.5, 0.6) is 0 Å². The predicted octanol–water partition coefficient (Wildman–Crippen LogP) is 3.96. The van der Waals surface area contributed by atoms with E-state index >= 15 is 0 Å². The van der Waals surface area contributed by atoms with Crippen LogP contribution < -0.4 is 0 Å². The van der Waals surface area contributed by atoms with Gasteiger partial charge in [-0.2, -0.15) is 0 Å². The van der Waals surface area contributed by atoms with E-state index in [9.17, 15) is 4.79 Å². The molecule has 1 saturated carbocycles. The van der Waals surface area contributed by atoms with Gasteiger partial charge in [0.25, 0.3) is 0 Å². The molecule has 0 saturated heterocycles. The van der Waals surface area contributed by atoms with E-state index < -0.39 is 0 Å². The van der Waals surface area contributed by atoms with Crippen LogP contribution >= 0.6 is 0 Å². The summed E-state index contributed by atoms with van der Waals surface area (Å²) in [4.78, 5) is 11.8. The molecule has 1 fully saturated rings. The Morgan fingerprint density at radius 1 is 1.36 bits per heavy atom. The Balaban J connectivity index is 2.20. The van der Waals surface area contributed by atoms with Gasteiger partial charge in [-0.1, -0.05) is 46.0 Å². The molecule has 1 nitrogen and oxygen atoms in total. The Kier molecular flexibility index (Phi) is 5.21. The van der Waals surface area contributed by atoms with E-state index in [1.807, 2.05) is 0 Å². The fourth-order valence-electron chi connectivity index (χ4n) is 2.12. The van der Waals surface area contributed by atoms with Crippen LogP contribution in [0.3, 0.4) is 0 Å². The number of unbranched alkanes of at least 4 members (excludes halogenated alkanes) is 1. The molecular formula is C13H24O. The summed E-state index contributed by atoms with van der Waals surface area (Å²) >= 11 is 0. The maximum atomic E-state index is 11.8.